The van der Waals surface area contributed by atoms with Gasteiger partial charge in [-0.25, -0.2) is 0 Å². The maximum absolute atomic E-state index is 6.18. The molecule has 0 amide bonds. The first-order valence-corrected chi connectivity index (χ1v) is 7.77. The summed E-state index contributed by atoms with van der Waals surface area (Å²) in [7, 11) is 0. The third-order valence-corrected chi connectivity index (χ3v) is 4.27. The van der Waals surface area contributed by atoms with E-state index < -0.39 is 0 Å². The highest BCUT2D eigenvalue weighted by molar-refractivity contribution is 9.10. The van der Waals surface area contributed by atoms with E-state index in [4.69, 9.17) is 10.5 Å². The van der Waals surface area contributed by atoms with E-state index in [-0.39, 0.29) is 6.04 Å². The zero-order valence-electron chi connectivity index (χ0n) is 11.3. The van der Waals surface area contributed by atoms with Crippen LogP contribution in [0.1, 0.15) is 35.6 Å². The molecule has 2 nitrogen and oxygen atoms in total. The van der Waals surface area contributed by atoms with Crippen LogP contribution in [-0.2, 0) is 13.0 Å². The van der Waals surface area contributed by atoms with E-state index in [0.29, 0.717) is 6.61 Å². The van der Waals surface area contributed by atoms with Gasteiger partial charge in [0.25, 0.3) is 0 Å². The Morgan fingerprint density at radius 3 is 2.95 bits per heavy atom. The zero-order valence-corrected chi connectivity index (χ0v) is 12.9. The van der Waals surface area contributed by atoms with Crippen LogP contribution in [0.3, 0.4) is 0 Å². The van der Waals surface area contributed by atoms with Gasteiger partial charge >= 0.3 is 0 Å². The van der Waals surface area contributed by atoms with Gasteiger partial charge in [-0.2, -0.15) is 0 Å². The van der Waals surface area contributed by atoms with Crippen LogP contribution in [0.5, 0.6) is 5.75 Å². The lowest BCUT2D eigenvalue weighted by molar-refractivity contribution is 0.305. The lowest BCUT2D eigenvalue weighted by atomic mass is 9.88. The molecule has 0 heterocycles. The molecule has 0 unspecified atom stereocenters. The van der Waals surface area contributed by atoms with Crippen molar-refractivity contribution in [2.45, 2.75) is 31.9 Å². The molecule has 0 saturated heterocycles. The number of ether oxygens (including phenoxy) is 1. The molecule has 0 spiro atoms. The minimum Gasteiger partial charge on any atom is -0.489 e. The van der Waals surface area contributed by atoms with Crippen LogP contribution in [-0.4, -0.2) is 0 Å². The molecule has 2 aromatic carbocycles. The number of benzene rings is 2. The molecule has 1 aliphatic carbocycles. The molecule has 0 aromatic heterocycles. The van der Waals surface area contributed by atoms with E-state index in [1.165, 1.54) is 17.5 Å². The van der Waals surface area contributed by atoms with Crippen LogP contribution in [0, 0.1) is 0 Å². The van der Waals surface area contributed by atoms with E-state index >= 15 is 0 Å². The summed E-state index contributed by atoms with van der Waals surface area (Å²) in [5, 5.41) is 0. The monoisotopic (exact) mass is 331 g/mol. The molecule has 0 saturated carbocycles. The van der Waals surface area contributed by atoms with Gasteiger partial charge in [-0.3, -0.25) is 0 Å². The van der Waals surface area contributed by atoms with Crippen molar-refractivity contribution in [3.8, 4) is 5.75 Å². The summed E-state index contributed by atoms with van der Waals surface area (Å²) in [6.45, 7) is 0.577. The number of rotatable bonds is 3. The van der Waals surface area contributed by atoms with Crippen molar-refractivity contribution in [3.05, 3.63) is 63.6 Å². The van der Waals surface area contributed by atoms with Crippen LogP contribution in [0.25, 0.3) is 0 Å². The van der Waals surface area contributed by atoms with Gasteiger partial charge in [0.2, 0.25) is 0 Å². The van der Waals surface area contributed by atoms with Gasteiger partial charge < -0.3 is 10.5 Å². The van der Waals surface area contributed by atoms with Crippen molar-refractivity contribution < 1.29 is 4.74 Å². The molecular formula is C17H18BrNO. The summed E-state index contributed by atoms with van der Waals surface area (Å²) in [5.41, 5.74) is 9.96. The molecule has 2 aromatic rings. The Morgan fingerprint density at radius 2 is 2.10 bits per heavy atom. The summed E-state index contributed by atoms with van der Waals surface area (Å²) in [6.07, 6.45) is 3.39. The van der Waals surface area contributed by atoms with Gasteiger partial charge in [0.15, 0.2) is 0 Å². The predicted octanol–water partition coefficient (Wildman–Crippen LogP) is 4.36. The highest BCUT2D eigenvalue weighted by Crippen LogP contribution is 2.31. The highest BCUT2D eigenvalue weighted by Gasteiger charge is 2.17. The van der Waals surface area contributed by atoms with Crippen LogP contribution in [0.2, 0.25) is 0 Å². The molecule has 3 rings (SSSR count). The maximum Gasteiger partial charge on any atom is 0.120 e. The molecule has 1 aliphatic rings. The van der Waals surface area contributed by atoms with Gasteiger partial charge in [-0.1, -0.05) is 34.1 Å². The van der Waals surface area contributed by atoms with Crippen LogP contribution in [0.4, 0.5) is 0 Å². The second-order valence-corrected chi connectivity index (χ2v) is 6.19. The second-order valence-electron chi connectivity index (χ2n) is 5.28. The predicted molar refractivity (Wildman–Crippen MR) is 84.8 cm³/mol. The van der Waals surface area contributed by atoms with Gasteiger partial charge in [-0.05, 0) is 60.2 Å². The third-order valence-electron chi connectivity index (χ3n) is 3.77. The standard InChI is InChI=1S/C17H18BrNO/c18-14-5-1-3-12(9-14)11-20-15-8-7-13-4-2-6-17(19)16(13)10-15/h1,3,5,7-10,17H,2,4,6,11,19H2/t17-/m1/s1. The molecule has 20 heavy (non-hydrogen) atoms. The summed E-state index contributed by atoms with van der Waals surface area (Å²) in [5.74, 6) is 0.904. The Bertz CT molecular complexity index is 612. The quantitative estimate of drug-likeness (QED) is 0.906. The van der Waals surface area contributed by atoms with Crippen molar-refractivity contribution in [3.63, 3.8) is 0 Å². The first kappa shape index (κ1) is 13.7. The normalized spacial score (nSPS) is 17.6. The first-order chi connectivity index (χ1) is 9.72. The second kappa shape index (κ2) is 5.98. The Morgan fingerprint density at radius 1 is 1.20 bits per heavy atom. The maximum atomic E-state index is 6.18. The number of fused-ring (bicyclic) bond motifs is 1. The van der Waals surface area contributed by atoms with Gasteiger partial charge in [0.05, 0.1) is 0 Å². The SMILES string of the molecule is N[C@@H]1CCCc2ccc(OCc3cccc(Br)c3)cc21. The van der Waals surface area contributed by atoms with E-state index in [1.807, 2.05) is 12.1 Å². The fraction of sp³-hybridized carbons (Fsp3) is 0.294. The number of nitrogens with two attached hydrogens (primary N) is 1. The molecule has 2 N–H and O–H groups in total. The van der Waals surface area contributed by atoms with Crippen molar-refractivity contribution in [2.24, 2.45) is 5.73 Å². The Kier molecular flexibility index (Phi) is 4.08. The molecule has 104 valence electrons. The minimum atomic E-state index is 0.160. The number of aryl methyl sites for hydroxylation is 1. The average molecular weight is 332 g/mol. The van der Waals surface area contributed by atoms with E-state index in [9.17, 15) is 0 Å². The van der Waals surface area contributed by atoms with Crippen LogP contribution >= 0.6 is 15.9 Å². The molecule has 0 fully saturated rings. The minimum absolute atomic E-state index is 0.160. The lowest BCUT2D eigenvalue weighted by Crippen LogP contribution is -2.17. The summed E-state index contributed by atoms with van der Waals surface area (Å²) < 4.78 is 6.96. The van der Waals surface area contributed by atoms with E-state index in [2.05, 4.69) is 46.3 Å². The molecule has 0 bridgehead atoms. The summed E-state index contributed by atoms with van der Waals surface area (Å²) in [6, 6.07) is 14.6. The molecule has 0 radical (unpaired) electrons. The van der Waals surface area contributed by atoms with E-state index in [0.717, 1.165) is 28.6 Å². The topological polar surface area (TPSA) is 35.2 Å². The fourth-order valence-corrected chi connectivity index (χ4v) is 3.14. The summed E-state index contributed by atoms with van der Waals surface area (Å²) in [4.78, 5) is 0. The largest absolute Gasteiger partial charge is 0.489 e. The Hall–Kier alpha value is -1.32. The van der Waals surface area contributed by atoms with E-state index in [1.54, 1.807) is 0 Å². The van der Waals surface area contributed by atoms with Crippen molar-refractivity contribution in [2.75, 3.05) is 0 Å². The molecule has 1 atom stereocenters. The van der Waals surface area contributed by atoms with Gasteiger partial charge in [0, 0.05) is 10.5 Å². The lowest BCUT2D eigenvalue weighted by Gasteiger charge is -2.22. The number of halogens is 1. The Labute approximate surface area is 128 Å². The average Bonchev–Trinajstić information content (AvgIpc) is 2.46. The fourth-order valence-electron chi connectivity index (χ4n) is 2.70. The number of hydrogen-bond acceptors (Lipinski definition) is 2. The van der Waals surface area contributed by atoms with Crippen LogP contribution in [0.15, 0.2) is 46.9 Å². The van der Waals surface area contributed by atoms with Gasteiger partial charge in [-0.15, -0.1) is 0 Å². The van der Waals surface area contributed by atoms with Crippen LogP contribution < -0.4 is 10.5 Å². The van der Waals surface area contributed by atoms with Crippen molar-refractivity contribution in [1.29, 1.82) is 0 Å². The molecule has 0 aliphatic heterocycles. The molecular weight excluding hydrogens is 314 g/mol. The van der Waals surface area contributed by atoms with Gasteiger partial charge in [0.1, 0.15) is 12.4 Å². The third kappa shape index (κ3) is 3.05. The number of hydrogen-bond donors (Lipinski definition) is 1. The Balaban J connectivity index is 1.73. The summed E-state index contributed by atoms with van der Waals surface area (Å²) >= 11 is 3.47. The smallest absolute Gasteiger partial charge is 0.120 e. The molecule has 3 heteroatoms. The first-order valence-electron chi connectivity index (χ1n) is 6.98. The highest BCUT2D eigenvalue weighted by atomic mass is 79.9. The van der Waals surface area contributed by atoms with Crippen molar-refractivity contribution in [1.82, 2.24) is 0 Å². The zero-order chi connectivity index (χ0) is 13.9. The van der Waals surface area contributed by atoms with Crippen molar-refractivity contribution >= 4 is 15.9 Å².